The standard InChI is InChI=1S/C17H22ClN/c18-16-3-1-2-15(8-16)17(10-19-11-17)9-14-7-12-4-5-13(14)6-12/h1-3,8,12-14,19H,4-7,9-11H2. The molecule has 2 bridgehead atoms. The maximum absolute atomic E-state index is 6.19. The van der Waals surface area contributed by atoms with Gasteiger partial charge in [-0.25, -0.2) is 0 Å². The maximum atomic E-state index is 6.19. The van der Waals surface area contributed by atoms with Crippen molar-refractivity contribution in [3.8, 4) is 0 Å². The first-order chi connectivity index (χ1) is 9.25. The SMILES string of the molecule is Clc1cccc(C2(CC3CC4CCC3C4)CNC2)c1. The van der Waals surface area contributed by atoms with E-state index in [1.54, 1.807) is 0 Å². The van der Waals surface area contributed by atoms with Gasteiger partial charge in [-0.15, -0.1) is 0 Å². The van der Waals surface area contributed by atoms with Gasteiger partial charge in [0.15, 0.2) is 0 Å². The van der Waals surface area contributed by atoms with Gasteiger partial charge in [0.05, 0.1) is 0 Å². The van der Waals surface area contributed by atoms with Gasteiger partial charge >= 0.3 is 0 Å². The monoisotopic (exact) mass is 275 g/mol. The van der Waals surface area contributed by atoms with E-state index in [1.807, 2.05) is 6.07 Å². The largest absolute Gasteiger partial charge is 0.315 e. The van der Waals surface area contributed by atoms with Gasteiger partial charge in [-0.2, -0.15) is 0 Å². The molecule has 2 saturated carbocycles. The smallest absolute Gasteiger partial charge is 0.0408 e. The quantitative estimate of drug-likeness (QED) is 0.879. The highest BCUT2D eigenvalue weighted by molar-refractivity contribution is 6.30. The van der Waals surface area contributed by atoms with E-state index in [2.05, 4.69) is 23.5 Å². The Balaban J connectivity index is 1.57. The van der Waals surface area contributed by atoms with Crippen molar-refractivity contribution >= 4 is 11.6 Å². The van der Waals surface area contributed by atoms with Crippen LogP contribution in [0, 0.1) is 17.8 Å². The summed E-state index contributed by atoms with van der Waals surface area (Å²) in [5, 5.41) is 4.38. The average molecular weight is 276 g/mol. The Morgan fingerprint density at radius 2 is 2.11 bits per heavy atom. The Hall–Kier alpha value is -0.530. The Kier molecular flexibility index (Phi) is 2.89. The summed E-state index contributed by atoms with van der Waals surface area (Å²) in [7, 11) is 0. The van der Waals surface area contributed by atoms with Gasteiger partial charge in [-0.1, -0.05) is 30.2 Å². The molecular formula is C17H22ClN. The minimum absolute atomic E-state index is 0.375. The molecule has 0 radical (unpaired) electrons. The topological polar surface area (TPSA) is 12.0 Å². The third kappa shape index (κ3) is 2.02. The van der Waals surface area contributed by atoms with Crippen molar-refractivity contribution in [1.82, 2.24) is 5.32 Å². The van der Waals surface area contributed by atoms with E-state index in [0.29, 0.717) is 5.41 Å². The normalized spacial score (nSPS) is 35.3. The number of hydrogen-bond donors (Lipinski definition) is 1. The van der Waals surface area contributed by atoms with E-state index < -0.39 is 0 Å². The molecule has 2 heteroatoms. The fourth-order valence-electron chi connectivity index (χ4n) is 4.84. The van der Waals surface area contributed by atoms with Gasteiger partial charge in [0.1, 0.15) is 0 Å². The first kappa shape index (κ1) is 12.2. The second kappa shape index (κ2) is 4.49. The first-order valence-electron chi connectivity index (χ1n) is 7.72. The van der Waals surface area contributed by atoms with E-state index in [4.69, 9.17) is 11.6 Å². The van der Waals surface area contributed by atoms with Crippen LogP contribution in [0.15, 0.2) is 24.3 Å². The van der Waals surface area contributed by atoms with Gasteiger partial charge in [0.25, 0.3) is 0 Å². The molecule has 1 N–H and O–H groups in total. The molecule has 102 valence electrons. The van der Waals surface area contributed by atoms with E-state index >= 15 is 0 Å². The van der Waals surface area contributed by atoms with Gasteiger partial charge < -0.3 is 5.32 Å². The molecule has 1 aromatic rings. The highest BCUT2D eigenvalue weighted by Gasteiger charge is 2.46. The van der Waals surface area contributed by atoms with E-state index in [-0.39, 0.29) is 0 Å². The zero-order chi connectivity index (χ0) is 12.9. The summed E-state index contributed by atoms with van der Waals surface area (Å²) in [5.41, 5.74) is 1.83. The molecule has 3 aliphatic rings. The van der Waals surface area contributed by atoms with Crippen LogP contribution in [-0.4, -0.2) is 13.1 Å². The molecule has 4 rings (SSSR count). The number of benzene rings is 1. The van der Waals surface area contributed by atoms with Crippen LogP contribution < -0.4 is 5.32 Å². The predicted molar refractivity (Wildman–Crippen MR) is 79.6 cm³/mol. The lowest BCUT2D eigenvalue weighted by molar-refractivity contribution is 0.180. The maximum Gasteiger partial charge on any atom is 0.0408 e. The van der Waals surface area contributed by atoms with Crippen molar-refractivity contribution in [2.24, 2.45) is 17.8 Å². The highest BCUT2D eigenvalue weighted by Crippen LogP contribution is 2.52. The zero-order valence-electron chi connectivity index (χ0n) is 11.4. The van der Waals surface area contributed by atoms with Gasteiger partial charge in [0, 0.05) is 23.5 Å². The predicted octanol–water partition coefficient (Wildman–Crippen LogP) is 4.01. The summed E-state index contributed by atoms with van der Waals surface area (Å²) in [5.74, 6) is 3.06. The van der Waals surface area contributed by atoms with E-state index in [9.17, 15) is 0 Å². The summed E-state index contributed by atoms with van der Waals surface area (Å²) in [6.45, 7) is 2.28. The third-order valence-corrected chi connectivity index (χ3v) is 6.14. The Morgan fingerprint density at radius 3 is 2.68 bits per heavy atom. The summed E-state index contributed by atoms with van der Waals surface area (Å²) < 4.78 is 0. The summed E-state index contributed by atoms with van der Waals surface area (Å²) >= 11 is 6.19. The minimum atomic E-state index is 0.375. The van der Waals surface area contributed by atoms with Crippen molar-refractivity contribution in [1.29, 1.82) is 0 Å². The Labute approximate surface area is 120 Å². The number of halogens is 1. The first-order valence-corrected chi connectivity index (χ1v) is 8.10. The molecule has 1 heterocycles. The van der Waals surface area contributed by atoms with Crippen molar-refractivity contribution < 1.29 is 0 Å². The lowest BCUT2D eigenvalue weighted by atomic mass is 9.67. The summed E-state index contributed by atoms with van der Waals surface area (Å²) in [4.78, 5) is 0. The molecule has 3 fully saturated rings. The molecule has 0 amide bonds. The Bertz CT molecular complexity index is 480. The summed E-state index contributed by atoms with van der Waals surface area (Å²) in [6.07, 6.45) is 7.39. The molecule has 1 aliphatic heterocycles. The van der Waals surface area contributed by atoms with Crippen molar-refractivity contribution in [2.75, 3.05) is 13.1 Å². The fourth-order valence-corrected chi connectivity index (χ4v) is 5.03. The number of rotatable bonds is 3. The molecule has 1 aromatic carbocycles. The highest BCUT2D eigenvalue weighted by atomic mass is 35.5. The molecule has 0 aromatic heterocycles. The molecule has 3 atom stereocenters. The van der Waals surface area contributed by atoms with Crippen LogP contribution >= 0.6 is 11.6 Å². The second-order valence-corrected chi connectivity index (χ2v) is 7.47. The van der Waals surface area contributed by atoms with Crippen molar-refractivity contribution in [2.45, 2.75) is 37.5 Å². The van der Waals surface area contributed by atoms with Gasteiger partial charge in [-0.3, -0.25) is 0 Å². The molecule has 3 unspecified atom stereocenters. The number of hydrogen-bond acceptors (Lipinski definition) is 1. The van der Waals surface area contributed by atoms with Gasteiger partial charge in [0.2, 0.25) is 0 Å². The lowest BCUT2D eigenvalue weighted by Gasteiger charge is -2.46. The van der Waals surface area contributed by atoms with Crippen molar-refractivity contribution in [3.63, 3.8) is 0 Å². The average Bonchev–Trinajstić information content (AvgIpc) is 2.95. The van der Waals surface area contributed by atoms with E-state index in [0.717, 1.165) is 35.9 Å². The fraction of sp³-hybridized carbons (Fsp3) is 0.647. The van der Waals surface area contributed by atoms with Crippen LogP contribution in [0.1, 0.15) is 37.7 Å². The van der Waals surface area contributed by atoms with Crippen LogP contribution in [0.3, 0.4) is 0 Å². The van der Waals surface area contributed by atoms with Crippen LogP contribution in [0.5, 0.6) is 0 Å². The van der Waals surface area contributed by atoms with Crippen LogP contribution in [0.2, 0.25) is 5.02 Å². The number of fused-ring (bicyclic) bond motifs is 2. The molecule has 1 saturated heterocycles. The Morgan fingerprint density at radius 1 is 1.21 bits per heavy atom. The van der Waals surface area contributed by atoms with Crippen LogP contribution in [0.4, 0.5) is 0 Å². The van der Waals surface area contributed by atoms with E-state index in [1.165, 1.54) is 37.7 Å². The van der Waals surface area contributed by atoms with Crippen LogP contribution in [0.25, 0.3) is 0 Å². The second-order valence-electron chi connectivity index (χ2n) is 7.03. The molecule has 1 nitrogen and oxygen atoms in total. The molecule has 19 heavy (non-hydrogen) atoms. The molecule has 2 aliphatic carbocycles. The van der Waals surface area contributed by atoms with Gasteiger partial charge in [-0.05, 0) is 61.1 Å². The molecule has 0 spiro atoms. The minimum Gasteiger partial charge on any atom is -0.315 e. The third-order valence-electron chi connectivity index (χ3n) is 5.90. The zero-order valence-corrected chi connectivity index (χ0v) is 12.1. The lowest BCUT2D eigenvalue weighted by Crippen LogP contribution is -2.57. The number of nitrogens with one attached hydrogen (secondary N) is 1. The van der Waals surface area contributed by atoms with Crippen LogP contribution in [-0.2, 0) is 5.41 Å². The van der Waals surface area contributed by atoms with Crippen molar-refractivity contribution in [3.05, 3.63) is 34.9 Å². The summed E-state index contributed by atoms with van der Waals surface area (Å²) in [6, 6.07) is 8.57. The molecular weight excluding hydrogens is 254 g/mol.